The molecule has 1 aromatic rings. The van der Waals surface area contributed by atoms with E-state index in [0.717, 1.165) is 17.7 Å². The maximum absolute atomic E-state index is 12.1. The van der Waals surface area contributed by atoms with Crippen molar-refractivity contribution in [1.82, 2.24) is 5.32 Å². The number of hydrogen-bond donors (Lipinski definition) is 1. The molecule has 0 radical (unpaired) electrons. The molecule has 1 unspecified atom stereocenters. The number of benzene rings is 1. The van der Waals surface area contributed by atoms with Crippen LogP contribution in [0.3, 0.4) is 0 Å². The molecule has 7 heteroatoms. The Morgan fingerprint density at radius 3 is 2.58 bits per heavy atom. The third-order valence-electron chi connectivity index (χ3n) is 4.20. The average molecular weight is 352 g/mol. The zero-order valence-electron chi connectivity index (χ0n) is 14.1. The maximum Gasteiger partial charge on any atom is 0.223 e. The molecule has 1 fully saturated rings. The molecule has 0 spiro atoms. The summed E-state index contributed by atoms with van der Waals surface area (Å²) in [4.78, 5) is 25.6. The van der Waals surface area contributed by atoms with E-state index in [-0.39, 0.29) is 42.3 Å². The molecule has 2 rings (SSSR count). The Balaban J connectivity index is 1.97. The zero-order valence-corrected chi connectivity index (χ0v) is 14.9. The fourth-order valence-electron chi connectivity index (χ4n) is 2.94. The van der Waals surface area contributed by atoms with Crippen molar-refractivity contribution >= 4 is 27.3 Å². The molecule has 6 nitrogen and oxygen atoms in total. The first-order valence-electron chi connectivity index (χ1n) is 8.18. The van der Waals surface area contributed by atoms with E-state index in [2.05, 4.69) is 5.32 Å². The number of anilines is 1. The maximum atomic E-state index is 12.1. The Hall–Kier alpha value is -1.89. The number of rotatable bonds is 6. The summed E-state index contributed by atoms with van der Waals surface area (Å²) in [7, 11) is -3.02. The lowest BCUT2D eigenvalue weighted by Gasteiger charge is -2.24. The summed E-state index contributed by atoms with van der Waals surface area (Å²) in [5, 5.41) is 2.75. The minimum atomic E-state index is -3.02. The lowest BCUT2D eigenvalue weighted by Crippen LogP contribution is -2.39. The van der Waals surface area contributed by atoms with Gasteiger partial charge in [0.25, 0.3) is 0 Å². The second kappa shape index (κ2) is 7.79. The lowest BCUT2D eigenvalue weighted by atomic mass is 10.1. The normalized spacial score (nSPS) is 19.0. The quantitative estimate of drug-likeness (QED) is 0.836. The van der Waals surface area contributed by atoms with Gasteiger partial charge in [0.15, 0.2) is 9.84 Å². The first-order chi connectivity index (χ1) is 11.3. The summed E-state index contributed by atoms with van der Waals surface area (Å²) in [5.74, 6) is -0.209. The van der Waals surface area contributed by atoms with E-state index in [9.17, 15) is 18.0 Å². The first-order valence-corrected chi connectivity index (χ1v) is 10.0. The fourth-order valence-corrected chi connectivity index (χ4v) is 4.62. The number of nitrogens with one attached hydrogen (secondary N) is 1. The summed E-state index contributed by atoms with van der Waals surface area (Å²) < 4.78 is 22.9. The number of nitrogens with zero attached hydrogens (tertiary/aromatic N) is 1. The van der Waals surface area contributed by atoms with E-state index in [1.807, 2.05) is 31.2 Å². The van der Waals surface area contributed by atoms with Gasteiger partial charge in [-0.3, -0.25) is 9.59 Å². The van der Waals surface area contributed by atoms with E-state index in [1.165, 1.54) is 6.92 Å². The van der Waals surface area contributed by atoms with Crippen molar-refractivity contribution in [3.63, 3.8) is 0 Å². The molecule has 1 N–H and O–H groups in total. The van der Waals surface area contributed by atoms with Gasteiger partial charge in [-0.15, -0.1) is 0 Å². The smallest absolute Gasteiger partial charge is 0.223 e. The van der Waals surface area contributed by atoms with E-state index in [4.69, 9.17) is 0 Å². The number of para-hydroxylation sites is 1. The number of aryl methyl sites for hydroxylation is 1. The highest BCUT2D eigenvalue weighted by Crippen LogP contribution is 2.21. The number of carbonyl (C=O) groups is 2. The summed E-state index contributed by atoms with van der Waals surface area (Å²) in [6.45, 7) is 3.77. The zero-order chi connectivity index (χ0) is 17.7. The molecule has 1 aromatic carbocycles. The summed E-state index contributed by atoms with van der Waals surface area (Å²) in [5.41, 5.74) is 1.87. The van der Waals surface area contributed by atoms with Crippen LogP contribution in [0.15, 0.2) is 24.3 Å². The van der Waals surface area contributed by atoms with E-state index >= 15 is 0 Å². The monoisotopic (exact) mass is 352 g/mol. The molecule has 1 aliphatic rings. The van der Waals surface area contributed by atoms with Gasteiger partial charge in [0, 0.05) is 31.6 Å². The van der Waals surface area contributed by atoms with Crippen LogP contribution in [-0.2, 0) is 25.8 Å². The van der Waals surface area contributed by atoms with Crippen molar-refractivity contribution in [1.29, 1.82) is 0 Å². The standard InChI is InChI=1S/C17H24N2O4S/c1-3-14-6-4-5-7-16(14)19(13(2)20)10-8-17(21)18-15-9-11-24(22,23)12-15/h4-7,15H,3,8-12H2,1-2H3,(H,18,21). The van der Waals surface area contributed by atoms with Crippen LogP contribution in [0.25, 0.3) is 0 Å². The van der Waals surface area contributed by atoms with Crippen molar-refractivity contribution in [2.75, 3.05) is 23.0 Å². The van der Waals surface area contributed by atoms with Crippen LogP contribution in [-0.4, -0.2) is 44.3 Å². The highest BCUT2D eigenvalue weighted by Gasteiger charge is 2.29. The first kappa shape index (κ1) is 18.4. The van der Waals surface area contributed by atoms with Gasteiger partial charge in [0.2, 0.25) is 11.8 Å². The van der Waals surface area contributed by atoms with Crippen molar-refractivity contribution in [3.8, 4) is 0 Å². The predicted octanol–water partition coefficient (Wildman–Crippen LogP) is 1.30. The molecular formula is C17H24N2O4S. The van der Waals surface area contributed by atoms with Crippen molar-refractivity contribution in [2.45, 2.75) is 39.2 Å². The van der Waals surface area contributed by atoms with Gasteiger partial charge >= 0.3 is 0 Å². The SMILES string of the molecule is CCc1ccccc1N(CCC(=O)NC1CCS(=O)(=O)C1)C(C)=O. The van der Waals surface area contributed by atoms with Crippen LogP contribution in [0.4, 0.5) is 5.69 Å². The minimum absolute atomic E-state index is 0.00777. The molecular weight excluding hydrogens is 328 g/mol. The van der Waals surface area contributed by atoms with Crippen LogP contribution in [0.1, 0.15) is 32.3 Å². The van der Waals surface area contributed by atoms with Crippen molar-refractivity contribution in [2.24, 2.45) is 0 Å². The summed E-state index contributed by atoms with van der Waals surface area (Å²) in [6, 6.07) is 7.33. The van der Waals surface area contributed by atoms with Crippen LogP contribution in [0.2, 0.25) is 0 Å². The van der Waals surface area contributed by atoms with Crippen molar-refractivity contribution < 1.29 is 18.0 Å². The highest BCUT2D eigenvalue weighted by atomic mass is 32.2. The molecule has 1 aliphatic heterocycles. The molecule has 24 heavy (non-hydrogen) atoms. The van der Waals surface area contributed by atoms with E-state index in [0.29, 0.717) is 6.42 Å². The number of sulfone groups is 1. The van der Waals surface area contributed by atoms with Gasteiger partial charge in [-0.25, -0.2) is 8.42 Å². The minimum Gasteiger partial charge on any atom is -0.352 e. The number of hydrogen-bond acceptors (Lipinski definition) is 4. The Morgan fingerprint density at radius 1 is 1.29 bits per heavy atom. The van der Waals surface area contributed by atoms with Gasteiger partial charge in [-0.05, 0) is 24.5 Å². The molecule has 0 bridgehead atoms. The lowest BCUT2D eigenvalue weighted by molar-refractivity contribution is -0.121. The van der Waals surface area contributed by atoms with Crippen LogP contribution < -0.4 is 10.2 Å². The third kappa shape index (κ3) is 4.80. The second-order valence-electron chi connectivity index (χ2n) is 6.07. The van der Waals surface area contributed by atoms with E-state index in [1.54, 1.807) is 4.90 Å². The third-order valence-corrected chi connectivity index (χ3v) is 5.97. The van der Waals surface area contributed by atoms with E-state index < -0.39 is 9.84 Å². The largest absolute Gasteiger partial charge is 0.352 e. The molecule has 1 saturated heterocycles. The number of amides is 2. The molecule has 0 aliphatic carbocycles. The Bertz CT molecular complexity index is 715. The summed E-state index contributed by atoms with van der Waals surface area (Å²) >= 11 is 0. The highest BCUT2D eigenvalue weighted by molar-refractivity contribution is 7.91. The van der Waals surface area contributed by atoms with Gasteiger partial charge < -0.3 is 10.2 Å². The molecule has 132 valence electrons. The fraction of sp³-hybridized carbons (Fsp3) is 0.529. The van der Waals surface area contributed by atoms with Gasteiger partial charge in [0.05, 0.1) is 11.5 Å². The molecule has 0 aromatic heterocycles. The molecule has 1 heterocycles. The Labute approximate surface area is 143 Å². The van der Waals surface area contributed by atoms with Crippen LogP contribution in [0, 0.1) is 0 Å². The van der Waals surface area contributed by atoms with Crippen LogP contribution in [0.5, 0.6) is 0 Å². The molecule has 2 amide bonds. The van der Waals surface area contributed by atoms with Gasteiger partial charge in [-0.1, -0.05) is 25.1 Å². The summed E-state index contributed by atoms with van der Waals surface area (Å²) in [6.07, 6.45) is 1.41. The van der Waals surface area contributed by atoms with Crippen LogP contribution >= 0.6 is 0 Å². The van der Waals surface area contributed by atoms with Crippen molar-refractivity contribution in [3.05, 3.63) is 29.8 Å². The molecule has 0 saturated carbocycles. The van der Waals surface area contributed by atoms with Gasteiger partial charge in [0.1, 0.15) is 0 Å². The molecule has 1 atom stereocenters. The predicted molar refractivity (Wildman–Crippen MR) is 93.7 cm³/mol. The topological polar surface area (TPSA) is 83.6 Å². The van der Waals surface area contributed by atoms with Gasteiger partial charge in [-0.2, -0.15) is 0 Å². The number of carbonyl (C=O) groups excluding carboxylic acids is 2. The Kier molecular flexibility index (Phi) is 5.99. The second-order valence-corrected chi connectivity index (χ2v) is 8.30. The Morgan fingerprint density at radius 2 is 2.00 bits per heavy atom. The average Bonchev–Trinajstić information content (AvgIpc) is 2.86.